The van der Waals surface area contributed by atoms with Crippen molar-refractivity contribution in [2.24, 2.45) is 59.2 Å². The summed E-state index contributed by atoms with van der Waals surface area (Å²) in [7, 11) is 0. The fourth-order valence-electron chi connectivity index (χ4n) is 9.54. The monoisotopic (exact) mass is 558 g/mol. The van der Waals surface area contributed by atoms with E-state index in [0.29, 0.717) is 30.3 Å². The van der Waals surface area contributed by atoms with Crippen molar-refractivity contribution in [2.45, 2.75) is 110 Å². The molecule has 222 valence electrons. The van der Waals surface area contributed by atoms with E-state index in [4.69, 9.17) is 18.9 Å². The zero-order valence-electron chi connectivity index (χ0n) is 24.5. The second-order valence-corrected chi connectivity index (χ2v) is 13.9. The van der Waals surface area contributed by atoms with Gasteiger partial charge in [0.25, 0.3) is 0 Å². The molecule has 0 amide bonds. The number of fused-ring (bicyclic) bond motifs is 2. The number of carbonyl (C=O) groups is 4. The van der Waals surface area contributed by atoms with Gasteiger partial charge in [-0.25, -0.2) is 0 Å². The molecule has 8 heteroatoms. The Morgan fingerprint density at radius 1 is 0.825 bits per heavy atom. The third-order valence-electron chi connectivity index (χ3n) is 11.9. The van der Waals surface area contributed by atoms with Gasteiger partial charge in [0.05, 0.1) is 30.3 Å². The van der Waals surface area contributed by atoms with Crippen molar-refractivity contribution >= 4 is 23.9 Å². The van der Waals surface area contributed by atoms with Crippen LogP contribution in [0.3, 0.4) is 0 Å². The van der Waals surface area contributed by atoms with E-state index in [2.05, 4.69) is 0 Å². The number of esters is 4. The maximum Gasteiger partial charge on any atom is 0.310 e. The highest BCUT2D eigenvalue weighted by atomic mass is 16.6. The van der Waals surface area contributed by atoms with Gasteiger partial charge in [-0.3, -0.25) is 19.2 Å². The molecule has 2 saturated heterocycles. The van der Waals surface area contributed by atoms with Crippen LogP contribution in [0.1, 0.15) is 91.9 Å². The van der Waals surface area contributed by atoms with Crippen LogP contribution in [-0.4, -0.2) is 48.3 Å². The van der Waals surface area contributed by atoms with E-state index in [9.17, 15) is 19.2 Å². The summed E-state index contributed by atoms with van der Waals surface area (Å²) in [5.41, 5.74) is -0.390. The van der Waals surface area contributed by atoms with E-state index in [1.54, 1.807) is 0 Å². The highest BCUT2D eigenvalue weighted by Gasteiger charge is 2.68. The number of ether oxygens (including phenoxy) is 4. The first-order chi connectivity index (χ1) is 19.2. The predicted molar refractivity (Wildman–Crippen MR) is 143 cm³/mol. The van der Waals surface area contributed by atoms with Crippen LogP contribution < -0.4 is 0 Å². The normalized spacial score (nSPS) is 42.2. The molecular weight excluding hydrogens is 512 g/mol. The molecule has 0 aromatic carbocycles. The van der Waals surface area contributed by atoms with E-state index in [0.717, 1.165) is 64.2 Å². The summed E-state index contributed by atoms with van der Waals surface area (Å²) >= 11 is 0. The van der Waals surface area contributed by atoms with Gasteiger partial charge in [-0.1, -0.05) is 27.7 Å². The number of hydrogen-bond acceptors (Lipinski definition) is 8. The molecule has 0 N–H and O–H groups in total. The smallest absolute Gasteiger partial charge is 0.310 e. The summed E-state index contributed by atoms with van der Waals surface area (Å²) < 4.78 is 22.5. The fraction of sp³-hybridized carbons (Fsp3) is 0.875. The summed E-state index contributed by atoms with van der Waals surface area (Å²) in [6.45, 7) is 8.21. The van der Waals surface area contributed by atoms with E-state index >= 15 is 0 Å². The SMILES string of the molecule is CCC(C)C(=O)OC1(C2C3CC4OC(=O)C2C4C3)CCCC1.CCC(C)C(=O)OCC1C2CC3OC(=O)C1C3C2. The van der Waals surface area contributed by atoms with Gasteiger partial charge in [0, 0.05) is 23.7 Å². The Labute approximate surface area is 237 Å². The second-order valence-electron chi connectivity index (χ2n) is 13.9. The molecule has 2 heterocycles. The fourth-order valence-corrected chi connectivity index (χ4v) is 9.54. The molecule has 40 heavy (non-hydrogen) atoms. The molecule has 2 aliphatic heterocycles. The molecule has 8 nitrogen and oxygen atoms in total. The van der Waals surface area contributed by atoms with Gasteiger partial charge >= 0.3 is 23.9 Å². The van der Waals surface area contributed by atoms with Crippen molar-refractivity contribution in [1.82, 2.24) is 0 Å². The molecule has 0 spiro atoms. The first kappa shape index (κ1) is 28.0. The lowest BCUT2D eigenvalue weighted by molar-refractivity contribution is -0.176. The Morgan fingerprint density at radius 2 is 1.38 bits per heavy atom. The molecular formula is C32H46O8. The predicted octanol–water partition coefficient (Wildman–Crippen LogP) is 4.86. The van der Waals surface area contributed by atoms with Crippen molar-refractivity contribution in [3.05, 3.63) is 0 Å². The van der Waals surface area contributed by atoms with E-state index < -0.39 is 0 Å². The maximum atomic E-state index is 12.4. The topological polar surface area (TPSA) is 105 Å². The molecule has 5 aliphatic carbocycles. The highest BCUT2D eigenvalue weighted by Crippen LogP contribution is 2.63. The Bertz CT molecular complexity index is 1030. The lowest BCUT2D eigenvalue weighted by Gasteiger charge is -2.41. The molecule has 0 aromatic rings. The Morgan fingerprint density at radius 3 is 2.02 bits per heavy atom. The molecule has 5 saturated carbocycles. The van der Waals surface area contributed by atoms with Crippen LogP contribution in [0.2, 0.25) is 0 Å². The molecule has 7 rings (SSSR count). The lowest BCUT2D eigenvalue weighted by Crippen LogP contribution is -2.48. The summed E-state index contributed by atoms with van der Waals surface area (Å²) in [6.07, 6.45) is 10.1. The summed E-state index contributed by atoms with van der Waals surface area (Å²) in [5, 5.41) is 0. The van der Waals surface area contributed by atoms with Crippen molar-refractivity contribution in [3.8, 4) is 0 Å². The van der Waals surface area contributed by atoms with Crippen molar-refractivity contribution in [1.29, 1.82) is 0 Å². The quantitative estimate of drug-likeness (QED) is 0.307. The van der Waals surface area contributed by atoms with E-state index in [1.807, 2.05) is 27.7 Å². The molecule has 7 aliphatic rings. The molecule has 4 bridgehead atoms. The Kier molecular flexibility index (Phi) is 7.44. The second kappa shape index (κ2) is 10.6. The minimum Gasteiger partial charge on any atom is -0.465 e. The average Bonchev–Trinajstić information content (AvgIpc) is 3.78. The van der Waals surface area contributed by atoms with Gasteiger partial charge in [-0.15, -0.1) is 0 Å². The van der Waals surface area contributed by atoms with Gasteiger partial charge < -0.3 is 18.9 Å². The first-order valence-electron chi connectivity index (χ1n) is 16.0. The number of rotatable bonds is 8. The molecule has 12 atom stereocenters. The zero-order valence-corrected chi connectivity index (χ0v) is 24.5. The molecule has 0 aromatic heterocycles. The van der Waals surface area contributed by atoms with Crippen LogP contribution in [0.4, 0.5) is 0 Å². The largest absolute Gasteiger partial charge is 0.465 e. The van der Waals surface area contributed by atoms with Crippen LogP contribution >= 0.6 is 0 Å². The standard InChI is InChI=1S/C18H26O4.C14H20O4/c1-3-10(2)16(19)22-18(6-4-5-7-18)15-11-8-12-13(9-11)21-17(20)14(12)15;1-3-7(2)13(15)17-6-10-8-4-9-11(5-8)18-14(16)12(9)10/h10-15H,3-9H2,1-2H3;7-12H,3-6H2,1-2H3. The van der Waals surface area contributed by atoms with Gasteiger partial charge in [-0.2, -0.15) is 0 Å². The van der Waals surface area contributed by atoms with Crippen LogP contribution in [0.25, 0.3) is 0 Å². The third kappa shape index (κ3) is 4.46. The minimum atomic E-state index is -0.390. The van der Waals surface area contributed by atoms with Gasteiger partial charge in [0.2, 0.25) is 0 Å². The highest BCUT2D eigenvalue weighted by molar-refractivity contribution is 5.78. The lowest BCUT2D eigenvalue weighted by atomic mass is 9.69. The third-order valence-corrected chi connectivity index (χ3v) is 11.9. The van der Waals surface area contributed by atoms with Crippen LogP contribution in [0.5, 0.6) is 0 Å². The van der Waals surface area contributed by atoms with Crippen molar-refractivity contribution in [3.63, 3.8) is 0 Å². The van der Waals surface area contributed by atoms with E-state index in [-0.39, 0.29) is 77.2 Å². The maximum absolute atomic E-state index is 12.4. The van der Waals surface area contributed by atoms with Gasteiger partial charge in [0.1, 0.15) is 17.8 Å². The van der Waals surface area contributed by atoms with E-state index in [1.165, 1.54) is 0 Å². The summed E-state index contributed by atoms with van der Waals surface area (Å²) in [5.74, 6) is 1.82. The number of carbonyl (C=O) groups excluding carboxylic acids is 4. The zero-order chi connectivity index (χ0) is 28.3. The summed E-state index contributed by atoms with van der Waals surface area (Å²) in [6, 6.07) is 0. The number of hydrogen-bond donors (Lipinski definition) is 0. The molecule has 12 unspecified atom stereocenters. The summed E-state index contributed by atoms with van der Waals surface area (Å²) in [4.78, 5) is 48.2. The van der Waals surface area contributed by atoms with Crippen LogP contribution in [0, 0.1) is 59.2 Å². The Hall–Kier alpha value is -2.12. The van der Waals surface area contributed by atoms with Gasteiger partial charge in [0.15, 0.2) is 0 Å². The van der Waals surface area contributed by atoms with Crippen molar-refractivity contribution in [2.75, 3.05) is 6.61 Å². The minimum absolute atomic E-state index is 0.00140. The van der Waals surface area contributed by atoms with Crippen LogP contribution in [0.15, 0.2) is 0 Å². The molecule has 0 radical (unpaired) electrons. The van der Waals surface area contributed by atoms with Gasteiger partial charge in [-0.05, 0) is 76.0 Å². The Balaban J connectivity index is 0.000000148. The van der Waals surface area contributed by atoms with Crippen molar-refractivity contribution < 1.29 is 38.1 Å². The molecule has 7 fully saturated rings. The van der Waals surface area contributed by atoms with Crippen LogP contribution in [-0.2, 0) is 38.1 Å². The average molecular weight is 559 g/mol. The first-order valence-corrected chi connectivity index (χ1v) is 16.0.